The SMILES string of the molecule is CCCCC#CCc1cn([C@H]2CC(O)[C@@H](CO)O2)c(=O)[nH]c1=O. The maximum absolute atomic E-state index is 11.9. The number of aromatic amines is 1. The zero-order valence-corrected chi connectivity index (χ0v) is 13.1. The van der Waals surface area contributed by atoms with Crippen LogP contribution < -0.4 is 11.2 Å². The van der Waals surface area contributed by atoms with E-state index in [4.69, 9.17) is 9.84 Å². The first-order chi connectivity index (χ1) is 11.1. The van der Waals surface area contributed by atoms with Crippen LogP contribution in [0.2, 0.25) is 0 Å². The minimum atomic E-state index is -0.846. The van der Waals surface area contributed by atoms with Gasteiger partial charge >= 0.3 is 5.69 Å². The van der Waals surface area contributed by atoms with Crippen molar-refractivity contribution in [3.05, 3.63) is 32.6 Å². The van der Waals surface area contributed by atoms with Crippen molar-refractivity contribution in [2.75, 3.05) is 6.61 Å². The second kappa shape index (κ2) is 8.11. The van der Waals surface area contributed by atoms with Crippen LogP contribution in [0.25, 0.3) is 0 Å². The van der Waals surface area contributed by atoms with E-state index in [-0.39, 0.29) is 19.4 Å². The summed E-state index contributed by atoms with van der Waals surface area (Å²) in [6.45, 7) is 1.75. The smallest absolute Gasteiger partial charge is 0.330 e. The molecule has 1 unspecified atom stereocenters. The van der Waals surface area contributed by atoms with Crippen molar-refractivity contribution < 1.29 is 14.9 Å². The molecule has 1 aromatic rings. The summed E-state index contributed by atoms with van der Waals surface area (Å²) in [5, 5.41) is 18.9. The summed E-state index contributed by atoms with van der Waals surface area (Å²) in [7, 11) is 0. The Bertz CT molecular complexity index is 697. The van der Waals surface area contributed by atoms with E-state index in [1.807, 2.05) is 0 Å². The van der Waals surface area contributed by atoms with Gasteiger partial charge in [-0.05, 0) is 6.42 Å². The van der Waals surface area contributed by atoms with Gasteiger partial charge in [0.1, 0.15) is 12.3 Å². The summed E-state index contributed by atoms with van der Waals surface area (Å²) in [6.07, 6.45) is 2.43. The lowest BCUT2D eigenvalue weighted by Gasteiger charge is -2.14. The van der Waals surface area contributed by atoms with Gasteiger partial charge in [0.2, 0.25) is 0 Å². The van der Waals surface area contributed by atoms with E-state index >= 15 is 0 Å². The molecule has 0 aromatic carbocycles. The molecule has 7 heteroatoms. The predicted molar refractivity (Wildman–Crippen MR) is 83.9 cm³/mol. The highest BCUT2D eigenvalue weighted by Crippen LogP contribution is 2.27. The number of aromatic nitrogens is 2. The Morgan fingerprint density at radius 1 is 1.43 bits per heavy atom. The molecular weight excluding hydrogens is 300 g/mol. The van der Waals surface area contributed by atoms with Gasteiger partial charge in [0.25, 0.3) is 5.56 Å². The van der Waals surface area contributed by atoms with Crippen LogP contribution in [-0.4, -0.2) is 38.6 Å². The van der Waals surface area contributed by atoms with E-state index < -0.39 is 29.7 Å². The van der Waals surface area contributed by atoms with Gasteiger partial charge in [0.15, 0.2) is 0 Å². The number of nitrogens with zero attached hydrogens (tertiary/aromatic N) is 1. The monoisotopic (exact) mass is 322 g/mol. The van der Waals surface area contributed by atoms with Crippen molar-refractivity contribution in [1.29, 1.82) is 0 Å². The lowest BCUT2D eigenvalue weighted by Crippen LogP contribution is -2.34. The number of aliphatic hydroxyl groups is 2. The van der Waals surface area contributed by atoms with Crippen LogP contribution >= 0.6 is 0 Å². The Hall–Kier alpha value is -1.88. The lowest BCUT2D eigenvalue weighted by molar-refractivity contribution is -0.0459. The molecular formula is C16H22N2O5. The fourth-order valence-electron chi connectivity index (χ4n) is 2.43. The third kappa shape index (κ3) is 4.32. The molecule has 3 N–H and O–H groups in total. The van der Waals surface area contributed by atoms with Crippen molar-refractivity contribution in [2.24, 2.45) is 0 Å². The highest BCUT2D eigenvalue weighted by Gasteiger charge is 2.35. The van der Waals surface area contributed by atoms with Crippen LogP contribution in [0.15, 0.2) is 15.8 Å². The minimum absolute atomic E-state index is 0.179. The normalized spacial score (nSPS) is 23.5. The maximum atomic E-state index is 11.9. The van der Waals surface area contributed by atoms with E-state index in [9.17, 15) is 14.7 Å². The molecule has 1 aliphatic rings. The van der Waals surface area contributed by atoms with Crippen LogP contribution in [0.4, 0.5) is 0 Å². The van der Waals surface area contributed by atoms with Crippen LogP contribution in [-0.2, 0) is 11.2 Å². The van der Waals surface area contributed by atoms with Gasteiger partial charge < -0.3 is 14.9 Å². The molecule has 126 valence electrons. The van der Waals surface area contributed by atoms with Crippen LogP contribution in [0.3, 0.4) is 0 Å². The van der Waals surface area contributed by atoms with Crippen LogP contribution in [0, 0.1) is 11.8 Å². The average Bonchev–Trinajstić information content (AvgIpc) is 2.89. The molecule has 1 fully saturated rings. The summed E-state index contributed by atoms with van der Waals surface area (Å²) in [4.78, 5) is 26.0. The Kier molecular flexibility index (Phi) is 6.16. The van der Waals surface area contributed by atoms with Gasteiger partial charge in [0, 0.05) is 31.0 Å². The number of hydrogen-bond acceptors (Lipinski definition) is 5. The molecule has 23 heavy (non-hydrogen) atoms. The van der Waals surface area contributed by atoms with Crippen LogP contribution in [0.5, 0.6) is 0 Å². The van der Waals surface area contributed by atoms with E-state index in [0.29, 0.717) is 5.56 Å². The third-order valence-corrected chi connectivity index (χ3v) is 3.80. The van der Waals surface area contributed by atoms with Crippen molar-refractivity contribution in [3.8, 4) is 11.8 Å². The number of H-pyrrole nitrogens is 1. The van der Waals surface area contributed by atoms with Gasteiger partial charge in [-0.2, -0.15) is 0 Å². The first-order valence-corrected chi connectivity index (χ1v) is 7.81. The average molecular weight is 322 g/mol. The first kappa shape index (κ1) is 17.5. The minimum Gasteiger partial charge on any atom is -0.394 e. The van der Waals surface area contributed by atoms with Gasteiger partial charge in [-0.1, -0.05) is 19.3 Å². The standard InChI is InChI=1S/C16H22N2O5/c1-2-3-4-5-6-7-11-9-18(16(22)17-15(11)21)14-8-12(20)13(10-19)23-14/h9,12-14,19-20H,2-4,7-8,10H2,1H3,(H,17,21,22)/t12?,13-,14-/m1/s1. The fourth-order valence-corrected chi connectivity index (χ4v) is 2.43. The highest BCUT2D eigenvalue weighted by atomic mass is 16.5. The second-order valence-electron chi connectivity index (χ2n) is 5.57. The summed E-state index contributed by atoms with van der Waals surface area (Å²) in [5.41, 5.74) is -0.694. The van der Waals surface area contributed by atoms with E-state index in [2.05, 4.69) is 23.7 Å². The summed E-state index contributed by atoms with van der Waals surface area (Å²) < 4.78 is 6.69. The molecule has 3 atom stereocenters. The molecule has 7 nitrogen and oxygen atoms in total. The Labute approximate surface area is 133 Å². The number of rotatable bonds is 5. The van der Waals surface area contributed by atoms with Crippen LogP contribution in [0.1, 0.15) is 44.4 Å². The second-order valence-corrected chi connectivity index (χ2v) is 5.57. The number of aliphatic hydroxyl groups excluding tert-OH is 2. The lowest BCUT2D eigenvalue weighted by atomic mass is 10.2. The Balaban J connectivity index is 2.18. The number of ether oxygens (including phenoxy) is 1. The quantitative estimate of drug-likeness (QED) is 0.519. The molecule has 0 spiro atoms. The van der Waals surface area contributed by atoms with Gasteiger partial charge in [-0.15, -0.1) is 5.92 Å². The summed E-state index contributed by atoms with van der Waals surface area (Å²) >= 11 is 0. The Morgan fingerprint density at radius 3 is 2.87 bits per heavy atom. The molecule has 1 saturated heterocycles. The molecule has 2 heterocycles. The molecule has 0 bridgehead atoms. The number of unbranched alkanes of at least 4 members (excludes halogenated alkanes) is 2. The van der Waals surface area contributed by atoms with Gasteiger partial charge in [0.05, 0.1) is 12.7 Å². The molecule has 0 saturated carbocycles. The number of nitrogens with one attached hydrogen (secondary N) is 1. The van der Waals surface area contributed by atoms with Crippen molar-refractivity contribution in [1.82, 2.24) is 9.55 Å². The third-order valence-electron chi connectivity index (χ3n) is 3.80. The predicted octanol–water partition coefficient (Wildman–Crippen LogP) is -0.0866. The molecule has 1 aromatic heterocycles. The topological polar surface area (TPSA) is 105 Å². The Morgan fingerprint density at radius 2 is 2.22 bits per heavy atom. The first-order valence-electron chi connectivity index (χ1n) is 7.81. The fraction of sp³-hybridized carbons (Fsp3) is 0.625. The van der Waals surface area contributed by atoms with Crippen molar-refractivity contribution in [2.45, 2.75) is 57.5 Å². The van der Waals surface area contributed by atoms with Crippen molar-refractivity contribution >= 4 is 0 Å². The van der Waals surface area contributed by atoms with E-state index in [0.717, 1.165) is 19.3 Å². The van der Waals surface area contributed by atoms with Gasteiger partial charge in [-0.25, -0.2) is 4.79 Å². The number of hydrogen-bond donors (Lipinski definition) is 3. The van der Waals surface area contributed by atoms with E-state index in [1.54, 1.807) is 0 Å². The molecule has 1 aliphatic heterocycles. The zero-order chi connectivity index (χ0) is 16.8. The summed E-state index contributed by atoms with van der Waals surface area (Å²) in [5.74, 6) is 5.92. The molecule has 0 amide bonds. The van der Waals surface area contributed by atoms with E-state index in [1.165, 1.54) is 10.8 Å². The molecule has 0 aliphatic carbocycles. The van der Waals surface area contributed by atoms with Gasteiger partial charge in [-0.3, -0.25) is 14.3 Å². The largest absolute Gasteiger partial charge is 0.394 e. The molecule has 0 radical (unpaired) electrons. The molecule has 2 rings (SSSR count). The maximum Gasteiger partial charge on any atom is 0.330 e. The van der Waals surface area contributed by atoms with Crippen molar-refractivity contribution in [3.63, 3.8) is 0 Å². The summed E-state index contributed by atoms with van der Waals surface area (Å²) in [6, 6.07) is 0. The highest BCUT2D eigenvalue weighted by molar-refractivity contribution is 5.15. The zero-order valence-electron chi connectivity index (χ0n) is 13.1.